The van der Waals surface area contributed by atoms with Gasteiger partial charge in [-0.15, -0.1) is 0 Å². The number of hydrogen-bond donors (Lipinski definition) is 1. The van der Waals surface area contributed by atoms with Gasteiger partial charge in [0.25, 0.3) is 0 Å². The standard InChI is InChI=1S/C26H19ClN4O/c1-16-23-24(19-9-7-18(8-10-19)17-5-3-2-4-6-17)22(15-28)25(29)32-26(23)31(30-16)21-13-11-20(27)12-14-21/h2-14,24H,29H2,1H3. The van der Waals surface area contributed by atoms with E-state index in [-0.39, 0.29) is 11.8 Å². The third-order valence-corrected chi connectivity index (χ3v) is 5.91. The van der Waals surface area contributed by atoms with Crippen molar-refractivity contribution in [1.82, 2.24) is 9.78 Å². The molecule has 0 radical (unpaired) electrons. The van der Waals surface area contributed by atoms with Crippen molar-refractivity contribution < 1.29 is 4.74 Å². The van der Waals surface area contributed by atoms with E-state index in [0.29, 0.717) is 16.5 Å². The number of nitrogens with two attached hydrogens (primary N) is 1. The Bertz CT molecular complexity index is 1360. The van der Waals surface area contributed by atoms with Gasteiger partial charge in [0.15, 0.2) is 0 Å². The van der Waals surface area contributed by atoms with Gasteiger partial charge in [-0.25, -0.2) is 4.68 Å². The molecule has 5 nitrogen and oxygen atoms in total. The normalized spacial score (nSPS) is 15.1. The minimum absolute atomic E-state index is 0.0900. The molecule has 6 heteroatoms. The van der Waals surface area contributed by atoms with Crippen LogP contribution in [0.25, 0.3) is 16.8 Å². The lowest BCUT2D eigenvalue weighted by molar-refractivity contribution is 0.367. The smallest absolute Gasteiger partial charge is 0.229 e. The first-order chi connectivity index (χ1) is 15.6. The van der Waals surface area contributed by atoms with Crippen LogP contribution in [0.5, 0.6) is 5.88 Å². The summed E-state index contributed by atoms with van der Waals surface area (Å²) in [5.41, 5.74) is 12.2. The van der Waals surface area contributed by atoms with Gasteiger partial charge < -0.3 is 10.5 Å². The predicted octanol–water partition coefficient (Wildman–Crippen LogP) is 5.72. The fraction of sp³-hybridized carbons (Fsp3) is 0.0769. The number of rotatable bonds is 3. The molecule has 0 spiro atoms. The monoisotopic (exact) mass is 438 g/mol. The van der Waals surface area contributed by atoms with Crippen molar-refractivity contribution in [2.45, 2.75) is 12.8 Å². The number of fused-ring (bicyclic) bond motifs is 1. The molecular weight excluding hydrogens is 420 g/mol. The average Bonchev–Trinajstić information content (AvgIpc) is 3.15. The predicted molar refractivity (Wildman–Crippen MR) is 124 cm³/mol. The molecule has 156 valence electrons. The lowest BCUT2D eigenvalue weighted by Crippen LogP contribution is -2.22. The van der Waals surface area contributed by atoms with Crippen LogP contribution in [0.4, 0.5) is 0 Å². The van der Waals surface area contributed by atoms with Crippen molar-refractivity contribution >= 4 is 11.6 Å². The van der Waals surface area contributed by atoms with Crippen molar-refractivity contribution in [2.75, 3.05) is 0 Å². The molecule has 1 atom stereocenters. The number of halogens is 1. The third kappa shape index (κ3) is 3.31. The summed E-state index contributed by atoms with van der Waals surface area (Å²) in [6.07, 6.45) is 0. The second-order valence-corrected chi connectivity index (χ2v) is 8.04. The van der Waals surface area contributed by atoms with Crippen molar-refractivity contribution in [3.8, 4) is 28.8 Å². The summed E-state index contributed by atoms with van der Waals surface area (Å²) in [6.45, 7) is 1.91. The summed E-state index contributed by atoms with van der Waals surface area (Å²) >= 11 is 6.04. The summed E-state index contributed by atoms with van der Waals surface area (Å²) in [7, 11) is 0. The Kier molecular flexibility index (Phi) is 4.93. The van der Waals surface area contributed by atoms with Gasteiger partial charge in [0.1, 0.15) is 11.6 Å². The fourth-order valence-electron chi connectivity index (χ4n) is 4.10. The maximum absolute atomic E-state index is 9.89. The molecule has 1 aromatic heterocycles. The number of benzene rings is 3. The lowest BCUT2D eigenvalue weighted by atomic mass is 9.83. The molecule has 0 aliphatic carbocycles. The minimum atomic E-state index is -0.366. The maximum Gasteiger partial charge on any atom is 0.229 e. The quantitative estimate of drug-likeness (QED) is 0.443. The van der Waals surface area contributed by atoms with Crippen molar-refractivity contribution in [2.24, 2.45) is 5.73 Å². The number of ether oxygens (including phenoxy) is 1. The fourth-order valence-corrected chi connectivity index (χ4v) is 4.23. The van der Waals surface area contributed by atoms with Gasteiger partial charge in [-0.2, -0.15) is 10.4 Å². The number of aryl methyl sites for hydroxylation is 1. The molecular formula is C26H19ClN4O. The Balaban J connectivity index is 1.63. The van der Waals surface area contributed by atoms with Crippen LogP contribution in [-0.4, -0.2) is 9.78 Å². The highest BCUT2D eigenvalue weighted by molar-refractivity contribution is 6.30. The van der Waals surface area contributed by atoms with Gasteiger partial charge >= 0.3 is 0 Å². The van der Waals surface area contributed by atoms with Crippen LogP contribution >= 0.6 is 11.6 Å². The zero-order valence-corrected chi connectivity index (χ0v) is 18.0. The first kappa shape index (κ1) is 19.9. The van der Waals surface area contributed by atoms with Crippen LogP contribution in [-0.2, 0) is 0 Å². The summed E-state index contributed by atoms with van der Waals surface area (Å²) in [6, 6.07) is 27.9. The number of allylic oxidation sites excluding steroid dienone is 1. The molecule has 0 bridgehead atoms. The van der Waals surface area contributed by atoms with Crippen LogP contribution in [0.2, 0.25) is 5.02 Å². The Hall–Kier alpha value is -4.01. The van der Waals surface area contributed by atoms with E-state index in [4.69, 9.17) is 27.2 Å². The Morgan fingerprint density at radius 1 is 0.969 bits per heavy atom. The lowest BCUT2D eigenvalue weighted by Gasteiger charge is -2.25. The van der Waals surface area contributed by atoms with E-state index in [1.165, 1.54) is 0 Å². The van der Waals surface area contributed by atoms with Gasteiger partial charge in [0.2, 0.25) is 11.8 Å². The molecule has 1 unspecified atom stereocenters. The zero-order valence-electron chi connectivity index (χ0n) is 17.3. The Morgan fingerprint density at radius 2 is 1.62 bits per heavy atom. The number of aromatic nitrogens is 2. The topological polar surface area (TPSA) is 76.9 Å². The van der Waals surface area contributed by atoms with Crippen LogP contribution in [0.15, 0.2) is 90.3 Å². The second-order valence-electron chi connectivity index (χ2n) is 7.61. The first-order valence-corrected chi connectivity index (χ1v) is 10.5. The van der Waals surface area contributed by atoms with Gasteiger partial charge in [0.05, 0.1) is 22.9 Å². The SMILES string of the molecule is Cc1nn(-c2ccc(Cl)cc2)c2c1C(c1ccc(-c3ccccc3)cc1)C(C#N)=C(N)O2. The third-order valence-electron chi connectivity index (χ3n) is 5.65. The van der Waals surface area contributed by atoms with Crippen LogP contribution in [0.1, 0.15) is 22.7 Å². The van der Waals surface area contributed by atoms with Crippen molar-refractivity contribution in [3.63, 3.8) is 0 Å². The molecule has 1 aliphatic rings. The summed E-state index contributed by atoms with van der Waals surface area (Å²) < 4.78 is 7.62. The molecule has 2 heterocycles. The molecule has 0 fully saturated rings. The molecule has 32 heavy (non-hydrogen) atoms. The molecule has 0 amide bonds. The average molecular weight is 439 g/mol. The largest absolute Gasteiger partial charge is 0.422 e. The molecule has 2 N–H and O–H groups in total. The second kappa shape index (κ2) is 7.92. The van der Waals surface area contributed by atoms with Crippen LogP contribution < -0.4 is 10.5 Å². The summed E-state index contributed by atoms with van der Waals surface area (Å²) in [4.78, 5) is 0. The summed E-state index contributed by atoms with van der Waals surface area (Å²) in [5.74, 6) is 0.236. The molecule has 5 rings (SSSR count). The van der Waals surface area contributed by atoms with E-state index < -0.39 is 0 Å². The van der Waals surface area contributed by atoms with Crippen molar-refractivity contribution in [1.29, 1.82) is 5.26 Å². The van der Waals surface area contributed by atoms with Gasteiger partial charge in [-0.1, -0.05) is 66.2 Å². The number of nitriles is 1. The Morgan fingerprint density at radius 3 is 2.28 bits per heavy atom. The Labute approximate surface area is 190 Å². The van der Waals surface area contributed by atoms with E-state index in [1.54, 1.807) is 16.8 Å². The van der Waals surface area contributed by atoms with E-state index in [9.17, 15) is 5.26 Å². The van der Waals surface area contributed by atoms with E-state index in [2.05, 4.69) is 30.3 Å². The highest BCUT2D eigenvalue weighted by Gasteiger charge is 2.36. The van der Waals surface area contributed by atoms with Crippen LogP contribution in [0, 0.1) is 18.3 Å². The van der Waals surface area contributed by atoms with Crippen molar-refractivity contribution in [3.05, 3.63) is 112 Å². The molecule has 4 aromatic rings. The number of nitrogens with zero attached hydrogens (tertiary/aromatic N) is 3. The number of hydrogen-bond acceptors (Lipinski definition) is 4. The highest BCUT2D eigenvalue weighted by atomic mass is 35.5. The summed E-state index contributed by atoms with van der Waals surface area (Å²) in [5, 5.41) is 15.2. The molecule has 1 aliphatic heterocycles. The van der Waals surface area contributed by atoms with E-state index >= 15 is 0 Å². The maximum atomic E-state index is 9.89. The zero-order chi connectivity index (χ0) is 22.2. The first-order valence-electron chi connectivity index (χ1n) is 10.1. The van der Waals surface area contributed by atoms with Gasteiger partial charge in [-0.05, 0) is 47.9 Å². The van der Waals surface area contributed by atoms with E-state index in [1.807, 2.05) is 49.4 Å². The van der Waals surface area contributed by atoms with Gasteiger partial charge in [-0.3, -0.25) is 0 Å². The van der Waals surface area contributed by atoms with E-state index in [0.717, 1.165) is 33.6 Å². The van der Waals surface area contributed by atoms with Crippen LogP contribution in [0.3, 0.4) is 0 Å². The molecule has 3 aromatic carbocycles. The molecule has 0 saturated carbocycles. The molecule has 0 saturated heterocycles. The highest BCUT2D eigenvalue weighted by Crippen LogP contribution is 2.44. The van der Waals surface area contributed by atoms with Gasteiger partial charge in [0, 0.05) is 5.02 Å². The minimum Gasteiger partial charge on any atom is -0.422 e.